The van der Waals surface area contributed by atoms with Crippen LogP contribution < -0.4 is 14.8 Å². The topological polar surface area (TPSA) is 76.8 Å². The molecule has 0 spiro atoms. The predicted octanol–water partition coefficient (Wildman–Crippen LogP) is 3.81. The van der Waals surface area contributed by atoms with Crippen LogP contribution in [0.25, 0.3) is 0 Å². The van der Waals surface area contributed by atoms with E-state index >= 15 is 0 Å². The van der Waals surface area contributed by atoms with Crippen molar-refractivity contribution in [3.8, 4) is 11.5 Å². The average molecular weight is 395 g/mol. The molecule has 152 valence electrons. The standard InChI is InChI=1S/C22H25N3O4/c1-15-12-20(24-29-15)23-22(26)21(16-8-6-5-7-9-16)25(2)14-17-10-11-18(27-3)13-19(17)28-4/h5-13,21H,14H2,1-4H3,(H,23,24,26)/t21-/m1/s1. The van der Waals surface area contributed by atoms with Gasteiger partial charge in [0.1, 0.15) is 23.3 Å². The predicted molar refractivity (Wildman–Crippen MR) is 110 cm³/mol. The van der Waals surface area contributed by atoms with Crippen molar-refractivity contribution in [3.63, 3.8) is 0 Å². The average Bonchev–Trinajstić information content (AvgIpc) is 3.13. The van der Waals surface area contributed by atoms with Crippen molar-refractivity contribution in [2.75, 3.05) is 26.6 Å². The summed E-state index contributed by atoms with van der Waals surface area (Å²) in [5, 5.41) is 6.70. The number of anilines is 1. The van der Waals surface area contributed by atoms with Crippen molar-refractivity contribution < 1.29 is 18.8 Å². The zero-order valence-corrected chi connectivity index (χ0v) is 17.0. The molecule has 1 aromatic heterocycles. The lowest BCUT2D eigenvalue weighted by Crippen LogP contribution is -2.34. The third-order valence-corrected chi connectivity index (χ3v) is 4.60. The van der Waals surface area contributed by atoms with Crippen LogP contribution in [0.3, 0.4) is 0 Å². The van der Waals surface area contributed by atoms with Crippen LogP contribution in [0.4, 0.5) is 5.82 Å². The lowest BCUT2D eigenvalue weighted by molar-refractivity contribution is -0.121. The molecule has 3 rings (SSSR count). The Morgan fingerprint density at radius 1 is 1.14 bits per heavy atom. The zero-order valence-electron chi connectivity index (χ0n) is 17.0. The van der Waals surface area contributed by atoms with Crippen LogP contribution in [-0.2, 0) is 11.3 Å². The maximum atomic E-state index is 13.1. The van der Waals surface area contributed by atoms with Crippen LogP contribution in [0.1, 0.15) is 22.9 Å². The van der Waals surface area contributed by atoms with Gasteiger partial charge in [-0.2, -0.15) is 0 Å². The van der Waals surface area contributed by atoms with E-state index in [0.717, 1.165) is 11.1 Å². The highest BCUT2D eigenvalue weighted by atomic mass is 16.5. The van der Waals surface area contributed by atoms with Crippen LogP contribution in [0.5, 0.6) is 11.5 Å². The molecule has 7 heteroatoms. The first-order valence-corrected chi connectivity index (χ1v) is 9.22. The van der Waals surface area contributed by atoms with Gasteiger partial charge < -0.3 is 19.3 Å². The minimum atomic E-state index is -0.528. The van der Waals surface area contributed by atoms with Crippen LogP contribution in [0.15, 0.2) is 59.1 Å². The molecule has 1 atom stereocenters. The number of amides is 1. The normalized spacial score (nSPS) is 11.9. The molecule has 29 heavy (non-hydrogen) atoms. The Hall–Kier alpha value is -3.32. The van der Waals surface area contributed by atoms with Crippen molar-refractivity contribution in [1.82, 2.24) is 10.1 Å². The number of nitrogens with zero attached hydrogens (tertiary/aromatic N) is 2. The number of carbonyl (C=O) groups excluding carboxylic acids is 1. The summed E-state index contributed by atoms with van der Waals surface area (Å²) in [6, 6.07) is 16.4. The number of hydrogen-bond acceptors (Lipinski definition) is 6. The number of likely N-dealkylation sites (N-methyl/N-ethyl adjacent to an activating group) is 1. The lowest BCUT2D eigenvalue weighted by atomic mass is 10.0. The molecule has 0 fully saturated rings. The van der Waals surface area contributed by atoms with Crippen molar-refractivity contribution in [3.05, 3.63) is 71.5 Å². The summed E-state index contributed by atoms with van der Waals surface area (Å²) in [5.41, 5.74) is 1.82. The third kappa shape index (κ3) is 4.94. The van der Waals surface area contributed by atoms with Gasteiger partial charge in [-0.3, -0.25) is 9.69 Å². The number of benzene rings is 2. The molecule has 3 aromatic rings. The molecule has 2 aromatic carbocycles. The molecule has 0 unspecified atom stereocenters. The summed E-state index contributed by atoms with van der Waals surface area (Å²) in [7, 11) is 5.13. The summed E-state index contributed by atoms with van der Waals surface area (Å²) in [4.78, 5) is 15.1. The van der Waals surface area contributed by atoms with E-state index in [1.807, 2.05) is 60.5 Å². The first kappa shape index (κ1) is 20.4. The Balaban J connectivity index is 1.86. The fourth-order valence-electron chi connectivity index (χ4n) is 3.20. The number of rotatable bonds is 8. The fraction of sp³-hybridized carbons (Fsp3) is 0.273. The Morgan fingerprint density at radius 2 is 1.90 bits per heavy atom. The fourth-order valence-corrected chi connectivity index (χ4v) is 3.20. The van der Waals surface area contributed by atoms with Crippen molar-refractivity contribution in [1.29, 1.82) is 0 Å². The van der Waals surface area contributed by atoms with Gasteiger partial charge in [-0.05, 0) is 25.6 Å². The summed E-state index contributed by atoms with van der Waals surface area (Å²) < 4.78 is 15.8. The first-order chi connectivity index (χ1) is 14.0. The van der Waals surface area contributed by atoms with Crippen LogP contribution in [0.2, 0.25) is 0 Å². The quantitative estimate of drug-likeness (QED) is 0.625. The molecule has 0 radical (unpaired) electrons. The van der Waals surface area contributed by atoms with Crippen molar-refractivity contribution in [2.24, 2.45) is 0 Å². The van der Waals surface area contributed by atoms with Gasteiger partial charge in [0.2, 0.25) is 5.91 Å². The minimum absolute atomic E-state index is 0.195. The Morgan fingerprint density at radius 3 is 2.52 bits per heavy atom. The van der Waals surface area contributed by atoms with Gasteiger partial charge in [0.25, 0.3) is 0 Å². The molecule has 0 aliphatic heterocycles. The molecule has 1 heterocycles. The number of aromatic nitrogens is 1. The van der Waals surface area contributed by atoms with E-state index in [1.54, 1.807) is 27.2 Å². The number of nitrogens with one attached hydrogen (secondary N) is 1. The molecule has 7 nitrogen and oxygen atoms in total. The zero-order chi connectivity index (χ0) is 20.8. The third-order valence-electron chi connectivity index (χ3n) is 4.60. The van der Waals surface area contributed by atoms with Crippen LogP contribution >= 0.6 is 0 Å². The van der Waals surface area contributed by atoms with E-state index in [2.05, 4.69) is 10.5 Å². The molecular weight excluding hydrogens is 370 g/mol. The highest BCUT2D eigenvalue weighted by Crippen LogP contribution is 2.29. The lowest BCUT2D eigenvalue weighted by Gasteiger charge is -2.28. The van der Waals surface area contributed by atoms with E-state index < -0.39 is 6.04 Å². The Kier molecular flexibility index (Phi) is 6.51. The summed E-state index contributed by atoms with van der Waals surface area (Å²) in [6.07, 6.45) is 0. The van der Waals surface area contributed by atoms with Gasteiger partial charge in [-0.15, -0.1) is 0 Å². The van der Waals surface area contributed by atoms with Gasteiger partial charge in [0.15, 0.2) is 5.82 Å². The SMILES string of the molecule is COc1ccc(CN(C)[C@@H](C(=O)Nc2cc(C)on2)c2ccccc2)c(OC)c1. The largest absolute Gasteiger partial charge is 0.497 e. The Bertz CT molecular complexity index is 956. The second-order valence-electron chi connectivity index (χ2n) is 6.72. The number of methoxy groups -OCH3 is 2. The molecule has 1 amide bonds. The van der Waals surface area contributed by atoms with Gasteiger partial charge in [-0.1, -0.05) is 41.6 Å². The number of ether oxygens (including phenoxy) is 2. The van der Waals surface area contributed by atoms with E-state index in [0.29, 0.717) is 29.6 Å². The minimum Gasteiger partial charge on any atom is -0.497 e. The summed E-state index contributed by atoms with van der Waals surface area (Å²) in [5.74, 6) is 2.25. The highest BCUT2D eigenvalue weighted by Gasteiger charge is 2.26. The van der Waals surface area contributed by atoms with Crippen molar-refractivity contribution >= 4 is 11.7 Å². The summed E-state index contributed by atoms with van der Waals surface area (Å²) >= 11 is 0. The molecule has 0 bridgehead atoms. The van der Waals surface area contributed by atoms with E-state index in [-0.39, 0.29) is 5.91 Å². The van der Waals surface area contributed by atoms with Crippen molar-refractivity contribution in [2.45, 2.75) is 19.5 Å². The first-order valence-electron chi connectivity index (χ1n) is 9.22. The smallest absolute Gasteiger partial charge is 0.247 e. The van der Waals surface area contributed by atoms with Crippen LogP contribution in [-0.4, -0.2) is 37.2 Å². The molecule has 0 saturated heterocycles. The maximum absolute atomic E-state index is 13.1. The monoisotopic (exact) mass is 395 g/mol. The van der Waals surface area contributed by atoms with Gasteiger partial charge >= 0.3 is 0 Å². The number of aryl methyl sites for hydroxylation is 1. The molecule has 0 aliphatic rings. The molecule has 0 saturated carbocycles. The molecular formula is C22H25N3O4. The van der Waals surface area contributed by atoms with Gasteiger partial charge in [0, 0.05) is 24.2 Å². The van der Waals surface area contributed by atoms with E-state index in [9.17, 15) is 4.79 Å². The maximum Gasteiger partial charge on any atom is 0.247 e. The van der Waals surface area contributed by atoms with Crippen LogP contribution in [0, 0.1) is 6.92 Å². The second kappa shape index (κ2) is 9.25. The second-order valence-corrected chi connectivity index (χ2v) is 6.72. The highest BCUT2D eigenvalue weighted by molar-refractivity contribution is 5.94. The Labute approximate surface area is 170 Å². The number of hydrogen-bond donors (Lipinski definition) is 1. The summed E-state index contributed by atoms with van der Waals surface area (Å²) in [6.45, 7) is 2.28. The molecule has 0 aliphatic carbocycles. The van der Waals surface area contributed by atoms with E-state index in [1.165, 1.54) is 0 Å². The molecule has 1 N–H and O–H groups in total. The van der Waals surface area contributed by atoms with Gasteiger partial charge in [0.05, 0.1) is 14.2 Å². The van der Waals surface area contributed by atoms with Gasteiger partial charge in [-0.25, -0.2) is 0 Å². The van der Waals surface area contributed by atoms with E-state index in [4.69, 9.17) is 14.0 Å². The number of carbonyl (C=O) groups is 1.